The van der Waals surface area contributed by atoms with Crippen molar-refractivity contribution >= 4 is 5.65 Å². The molecular formula is C18H20N4O4. The van der Waals surface area contributed by atoms with Crippen molar-refractivity contribution in [2.24, 2.45) is 0 Å². The molecule has 2 N–H and O–H groups in total. The summed E-state index contributed by atoms with van der Waals surface area (Å²) < 4.78 is 7.45. The Morgan fingerprint density at radius 1 is 1.23 bits per heavy atom. The van der Waals surface area contributed by atoms with Crippen LogP contribution in [-0.4, -0.2) is 42.8 Å². The van der Waals surface area contributed by atoms with E-state index in [0.29, 0.717) is 12.5 Å². The SMILES string of the molecule is O=c1cc(CO)oc(CN2CCC(c3nnc4ccccn34)CC2)c1O. The fraction of sp³-hybridized carbons (Fsp3) is 0.389. The first-order valence-corrected chi connectivity index (χ1v) is 8.63. The number of aromatic hydroxyl groups is 1. The lowest BCUT2D eigenvalue weighted by Gasteiger charge is -2.30. The van der Waals surface area contributed by atoms with Crippen LogP contribution in [-0.2, 0) is 13.2 Å². The van der Waals surface area contributed by atoms with E-state index in [0.717, 1.165) is 43.5 Å². The second-order valence-corrected chi connectivity index (χ2v) is 6.54. The molecule has 3 aromatic heterocycles. The number of rotatable bonds is 4. The quantitative estimate of drug-likeness (QED) is 0.725. The summed E-state index contributed by atoms with van der Waals surface area (Å²) >= 11 is 0. The molecule has 0 unspecified atom stereocenters. The number of piperidine rings is 1. The molecule has 3 aromatic rings. The summed E-state index contributed by atoms with van der Waals surface area (Å²) in [5.74, 6) is 1.26. The lowest BCUT2D eigenvalue weighted by atomic mass is 9.96. The highest BCUT2D eigenvalue weighted by molar-refractivity contribution is 5.37. The maximum atomic E-state index is 11.7. The Balaban J connectivity index is 1.46. The molecule has 8 heteroatoms. The van der Waals surface area contributed by atoms with E-state index in [4.69, 9.17) is 9.52 Å². The highest BCUT2D eigenvalue weighted by Crippen LogP contribution is 2.28. The number of fused-ring (bicyclic) bond motifs is 1. The van der Waals surface area contributed by atoms with E-state index in [9.17, 15) is 9.90 Å². The van der Waals surface area contributed by atoms with Crippen LogP contribution in [0, 0.1) is 0 Å². The predicted molar refractivity (Wildman–Crippen MR) is 92.8 cm³/mol. The van der Waals surface area contributed by atoms with Gasteiger partial charge in [-0.1, -0.05) is 6.07 Å². The van der Waals surface area contributed by atoms with E-state index in [1.165, 1.54) is 0 Å². The third-order valence-corrected chi connectivity index (χ3v) is 4.86. The summed E-state index contributed by atoms with van der Waals surface area (Å²) in [7, 11) is 0. The monoisotopic (exact) mass is 356 g/mol. The number of nitrogens with zero attached hydrogens (tertiary/aromatic N) is 4. The summed E-state index contributed by atoms with van der Waals surface area (Å²) in [6.45, 7) is 1.55. The molecule has 0 amide bonds. The van der Waals surface area contributed by atoms with E-state index in [-0.39, 0.29) is 23.9 Å². The summed E-state index contributed by atoms with van der Waals surface area (Å²) in [4.78, 5) is 13.9. The van der Waals surface area contributed by atoms with Crippen LogP contribution in [0.1, 0.15) is 36.1 Å². The molecule has 136 valence electrons. The van der Waals surface area contributed by atoms with Crippen molar-refractivity contribution in [1.29, 1.82) is 0 Å². The zero-order valence-electron chi connectivity index (χ0n) is 14.2. The molecule has 0 bridgehead atoms. The Bertz CT molecular complexity index is 973. The van der Waals surface area contributed by atoms with E-state index < -0.39 is 5.43 Å². The van der Waals surface area contributed by atoms with Crippen LogP contribution in [0.3, 0.4) is 0 Å². The highest BCUT2D eigenvalue weighted by atomic mass is 16.4. The molecule has 26 heavy (non-hydrogen) atoms. The first-order chi connectivity index (χ1) is 12.7. The average molecular weight is 356 g/mol. The molecule has 1 aliphatic rings. The van der Waals surface area contributed by atoms with Gasteiger partial charge >= 0.3 is 0 Å². The van der Waals surface area contributed by atoms with Gasteiger partial charge in [-0.2, -0.15) is 0 Å². The molecule has 8 nitrogen and oxygen atoms in total. The summed E-state index contributed by atoms with van der Waals surface area (Å²) in [6.07, 6.45) is 3.78. The lowest BCUT2D eigenvalue weighted by Crippen LogP contribution is -2.33. The van der Waals surface area contributed by atoms with Gasteiger partial charge in [-0.05, 0) is 38.1 Å². The Labute approximate surface area is 149 Å². The van der Waals surface area contributed by atoms with Gasteiger partial charge in [0.2, 0.25) is 11.2 Å². The minimum Gasteiger partial charge on any atom is -0.502 e. The van der Waals surface area contributed by atoms with Crippen LogP contribution in [0.4, 0.5) is 0 Å². The first kappa shape index (κ1) is 16.7. The molecule has 1 fully saturated rings. The Morgan fingerprint density at radius 2 is 2.04 bits per heavy atom. The van der Waals surface area contributed by atoms with Gasteiger partial charge in [0.25, 0.3) is 0 Å². The molecule has 0 aliphatic carbocycles. The third-order valence-electron chi connectivity index (χ3n) is 4.86. The molecule has 1 aliphatic heterocycles. The molecule has 0 atom stereocenters. The van der Waals surface area contributed by atoms with Crippen LogP contribution in [0.2, 0.25) is 0 Å². The maximum Gasteiger partial charge on any atom is 0.227 e. The standard InChI is InChI=1S/C18H20N4O4/c23-11-13-9-14(24)17(25)15(26-13)10-21-7-4-12(5-8-21)18-20-19-16-3-1-2-6-22(16)18/h1-3,6,9,12,23,25H,4-5,7-8,10-11H2. The Morgan fingerprint density at radius 3 is 2.81 bits per heavy atom. The molecule has 4 heterocycles. The van der Waals surface area contributed by atoms with Crippen LogP contribution in [0.15, 0.2) is 39.7 Å². The molecule has 0 aromatic carbocycles. The van der Waals surface area contributed by atoms with Gasteiger partial charge in [0.15, 0.2) is 11.4 Å². The Kier molecular flexibility index (Phi) is 4.44. The smallest absolute Gasteiger partial charge is 0.227 e. The molecule has 0 radical (unpaired) electrons. The van der Waals surface area contributed by atoms with Crippen molar-refractivity contribution < 1.29 is 14.6 Å². The van der Waals surface area contributed by atoms with Gasteiger partial charge in [0.05, 0.1) is 6.54 Å². The minimum atomic E-state index is -0.528. The molecule has 1 saturated heterocycles. The van der Waals surface area contributed by atoms with Crippen molar-refractivity contribution in [1.82, 2.24) is 19.5 Å². The fourth-order valence-corrected chi connectivity index (χ4v) is 3.46. The first-order valence-electron chi connectivity index (χ1n) is 8.63. The fourth-order valence-electron chi connectivity index (χ4n) is 3.46. The second kappa shape index (κ2) is 6.89. The molecule has 0 spiro atoms. The van der Waals surface area contributed by atoms with Crippen molar-refractivity contribution in [3.63, 3.8) is 0 Å². The van der Waals surface area contributed by atoms with Crippen LogP contribution >= 0.6 is 0 Å². The number of aliphatic hydroxyl groups is 1. The Hall–Kier alpha value is -2.71. The van der Waals surface area contributed by atoms with Crippen molar-refractivity contribution in [2.75, 3.05) is 13.1 Å². The molecular weight excluding hydrogens is 336 g/mol. The normalized spacial score (nSPS) is 16.3. The zero-order valence-corrected chi connectivity index (χ0v) is 14.2. The lowest BCUT2D eigenvalue weighted by molar-refractivity contribution is 0.173. The van der Waals surface area contributed by atoms with Crippen molar-refractivity contribution in [3.05, 3.63) is 58.0 Å². The zero-order chi connectivity index (χ0) is 18.1. The largest absolute Gasteiger partial charge is 0.502 e. The average Bonchev–Trinajstić information content (AvgIpc) is 3.10. The number of pyridine rings is 1. The van der Waals surface area contributed by atoms with Crippen LogP contribution in [0.5, 0.6) is 5.75 Å². The number of aliphatic hydroxyl groups excluding tert-OH is 1. The van der Waals surface area contributed by atoms with E-state index in [1.54, 1.807) is 0 Å². The van der Waals surface area contributed by atoms with Gasteiger partial charge in [-0.3, -0.25) is 14.1 Å². The van der Waals surface area contributed by atoms with E-state index >= 15 is 0 Å². The third kappa shape index (κ3) is 3.09. The number of likely N-dealkylation sites (tertiary alicyclic amines) is 1. The number of hydrogen-bond acceptors (Lipinski definition) is 7. The highest BCUT2D eigenvalue weighted by Gasteiger charge is 2.25. The van der Waals surface area contributed by atoms with Gasteiger partial charge in [-0.15, -0.1) is 10.2 Å². The number of hydrogen-bond donors (Lipinski definition) is 2. The van der Waals surface area contributed by atoms with E-state index in [2.05, 4.69) is 15.1 Å². The van der Waals surface area contributed by atoms with Gasteiger partial charge in [-0.25, -0.2) is 0 Å². The molecule has 4 rings (SSSR count). The minimum absolute atomic E-state index is 0.160. The second-order valence-electron chi connectivity index (χ2n) is 6.54. The van der Waals surface area contributed by atoms with Gasteiger partial charge in [0.1, 0.15) is 18.2 Å². The summed E-state index contributed by atoms with van der Waals surface area (Å²) in [5, 5.41) is 27.7. The summed E-state index contributed by atoms with van der Waals surface area (Å²) in [6, 6.07) is 6.96. The van der Waals surface area contributed by atoms with Crippen LogP contribution in [0.25, 0.3) is 5.65 Å². The molecule has 0 saturated carbocycles. The van der Waals surface area contributed by atoms with E-state index in [1.807, 2.05) is 28.8 Å². The maximum absolute atomic E-state index is 11.7. The topological polar surface area (TPSA) is 104 Å². The predicted octanol–water partition coefficient (Wildman–Crippen LogP) is 1.26. The van der Waals surface area contributed by atoms with Gasteiger partial charge < -0.3 is 14.6 Å². The van der Waals surface area contributed by atoms with Gasteiger partial charge in [0, 0.05) is 18.2 Å². The van der Waals surface area contributed by atoms with Crippen LogP contribution < -0.4 is 5.43 Å². The number of aromatic nitrogens is 3. The van der Waals surface area contributed by atoms with Crippen molar-refractivity contribution in [3.8, 4) is 5.75 Å². The summed E-state index contributed by atoms with van der Waals surface area (Å²) in [5.41, 5.74) is 0.317. The van der Waals surface area contributed by atoms with Crippen molar-refractivity contribution in [2.45, 2.75) is 31.9 Å².